The standard InChI is InChI=1S/C6H10BrN3/c1-10-6(2-3-8)5(7)4-9-10/h4H,2-3,8H2,1H3. The Morgan fingerprint density at radius 3 is 2.90 bits per heavy atom. The number of halogens is 1. The van der Waals surface area contributed by atoms with Crippen molar-refractivity contribution in [2.75, 3.05) is 6.54 Å². The van der Waals surface area contributed by atoms with Gasteiger partial charge in [0.1, 0.15) is 0 Å². The molecule has 1 aromatic rings. The molecule has 1 aromatic heterocycles. The summed E-state index contributed by atoms with van der Waals surface area (Å²) in [6.07, 6.45) is 2.65. The van der Waals surface area contributed by atoms with Crippen LogP contribution >= 0.6 is 15.9 Å². The zero-order valence-corrected chi connectivity index (χ0v) is 7.43. The Hall–Kier alpha value is -0.350. The summed E-state index contributed by atoms with van der Waals surface area (Å²) in [5.74, 6) is 0. The van der Waals surface area contributed by atoms with Gasteiger partial charge < -0.3 is 5.73 Å². The zero-order valence-electron chi connectivity index (χ0n) is 5.84. The fourth-order valence-corrected chi connectivity index (χ4v) is 1.40. The van der Waals surface area contributed by atoms with Crippen molar-refractivity contribution in [1.82, 2.24) is 9.78 Å². The molecule has 3 nitrogen and oxygen atoms in total. The van der Waals surface area contributed by atoms with Crippen LogP contribution in [0, 0.1) is 0 Å². The van der Waals surface area contributed by atoms with Crippen LogP contribution in [-0.4, -0.2) is 16.3 Å². The highest BCUT2D eigenvalue weighted by Crippen LogP contribution is 2.14. The summed E-state index contributed by atoms with van der Waals surface area (Å²) in [6, 6.07) is 0. The average molecular weight is 204 g/mol. The molecule has 0 saturated heterocycles. The number of nitrogens with two attached hydrogens (primary N) is 1. The number of hydrogen-bond acceptors (Lipinski definition) is 2. The van der Waals surface area contributed by atoms with Gasteiger partial charge in [0.05, 0.1) is 16.4 Å². The van der Waals surface area contributed by atoms with Crippen molar-refractivity contribution in [2.24, 2.45) is 12.8 Å². The molecule has 56 valence electrons. The number of aryl methyl sites for hydroxylation is 1. The first kappa shape index (κ1) is 7.75. The maximum atomic E-state index is 5.40. The van der Waals surface area contributed by atoms with E-state index in [-0.39, 0.29) is 0 Å². The molecule has 1 rings (SSSR count). The summed E-state index contributed by atoms with van der Waals surface area (Å²) in [5, 5.41) is 4.05. The molecule has 0 aliphatic carbocycles. The quantitative estimate of drug-likeness (QED) is 0.769. The van der Waals surface area contributed by atoms with Crippen LogP contribution in [0.4, 0.5) is 0 Å². The van der Waals surface area contributed by atoms with Gasteiger partial charge in [0.15, 0.2) is 0 Å². The Morgan fingerprint density at radius 1 is 1.80 bits per heavy atom. The number of rotatable bonds is 2. The monoisotopic (exact) mass is 203 g/mol. The first-order chi connectivity index (χ1) is 4.75. The molecule has 1 heterocycles. The number of aromatic nitrogens is 2. The van der Waals surface area contributed by atoms with Gasteiger partial charge in [-0.1, -0.05) is 0 Å². The average Bonchev–Trinajstić information content (AvgIpc) is 2.20. The van der Waals surface area contributed by atoms with Gasteiger partial charge >= 0.3 is 0 Å². The topological polar surface area (TPSA) is 43.8 Å². The minimum atomic E-state index is 0.665. The Kier molecular flexibility index (Phi) is 2.45. The molecule has 0 aliphatic rings. The summed E-state index contributed by atoms with van der Waals surface area (Å²) in [7, 11) is 1.91. The Labute approximate surface area is 68.3 Å². The molecule has 0 aromatic carbocycles. The Bertz CT molecular complexity index is 199. The first-order valence-electron chi connectivity index (χ1n) is 3.12. The van der Waals surface area contributed by atoms with Crippen LogP contribution in [0.15, 0.2) is 10.7 Å². The molecule has 4 heteroatoms. The van der Waals surface area contributed by atoms with Gasteiger partial charge in [0.2, 0.25) is 0 Å². The highest BCUT2D eigenvalue weighted by Gasteiger charge is 2.02. The summed E-state index contributed by atoms with van der Waals surface area (Å²) < 4.78 is 2.87. The van der Waals surface area contributed by atoms with Crippen molar-refractivity contribution in [3.05, 3.63) is 16.4 Å². The lowest BCUT2D eigenvalue weighted by atomic mass is 10.3. The van der Waals surface area contributed by atoms with Crippen molar-refractivity contribution in [2.45, 2.75) is 6.42 Å². The molecule has 2 N–H and O–H groups in total. The lowest BCUT2D eigenvalue weighted by Gasteiger charge is -1.98. The van der Waals surface area contributed by atoms with Gasteiger partial charge in [-0.25, -0.2) is 0 Å². The first-order valence-corrected chi connectivity index (χ1v) is 3.91. The summed E-state index contributed by atoms with van der Waals surface area (Å²) >= 11 is 3.38. The fraction of sp³-hybridized carbons (Fsp3) is 0.500. The third kappa shape index (κ3) is 1.38. The van der Waals surface area contributed by atoms with E-state index in [9.17, 15) is 0 Å². The van der Waals surface area contributed by atoms with E-state index >= 15 is 0 Å². The van der Waals surface area contributed by atoms with Gasteiger partial charge in [0.25, 0.3) is 0 Å². The van der Waals surface area contributed by atoms with E-state index in [0.717, 1.165) is 16.6 Å². The SMILES string of the molecule is Cn1ncc(Br)c1CCN. The van der Waals surface area contributed by atoms with Crippen molar-refractivity contribution in [3.8, 4) is 0 Å². The van der Waals surface area contributed by atoms with Crippen molar-refractivity contribution in [3.63, 3.8) is 0 Å². The van der Waals surface area contributed by atoms with Gasteiger partial charge in [-0.2, -0.15) is 5.10 Å². The third-order valence-electron chi connectivity index (χ3n) is 1.39. The molecule has 0 aliphatic heterocycles. The van der Waals surface area contributed by atoms with E-state index in [1.165, 1.54) is 0 Å². The van der Waals surface area contributed by atoms with Gasteiger partial charge in [-0.15, -0.1) is 0 Å². The summed E-state index contributed by atoms with van der Waals surface area (Å²) in [4.78, 5) is 0. The van der Waals surface area contributed by atoms with Crippen molar-refractivity contribution >= 4 is 15.9 Å². The van der Waals surface area contributed by atoms with Crippen LogP contribution < -0.4 is 5.73 Å². The summed E-state index contributed by atoms with van der Waals surface area (Å²) in [6.45, 7) is 0.665. The van der Waals surface area contributed by atoms with Crippen LogP contribution in [0.1, 0.15) is 5.69 Å². The predicted molar refractivity (Wildman–Crippen MR) is 43.7 cm³/mol. The molecule has 0 bridgehead atoms. The molecule has 0 atom stereocenters. The van der Waals surface area contributed by atoms with Crippen LogP contribution in [0.5, 0.6) is 0 Å². The van der Waals surface area contributed by atoms with E-state index in [0.29, 0.717) is 6.54 Å². The number of nitrogens with zero attached hydrogens (tertiary/aromatic N) is 2. The van der Waals surface area contributed by atoms with Crippen molar-refractivity contribution < 1.29 is 0 Å². The molecular formula is C6H10BrN3. The molecule has 10 heavy (non-hydrogen) atoms. The molecule has 0 unspecified atom stereocenters. The summed E-state index contributed by atoms with van der Waals surface area (Å²) in [5.41, 5.74) is 6.55. The molecule has 0 radical (unpaired) electrons. The second-order valence-electron chi connectivity index (χ2n) is 2.10. The normalized spacial score (nSPS) is 10.3. The maximum absolute atomic E-state index is 5.40. The lowest BCUT2D eigenvalue weighted by Crippen LogP contribution is -2.07. The molecule has 0 saturated carbocycles. The van der Waals surface area contributed by atoms with Crippen LogP contribution in [0.2, 0.25) is 0 Å². The Balaban J connectivity index is 2.87. The van der Waals surface area contributed by atoms with Gasteiger partial charge in [0, 0.05) is 13.5 Å². The third-order valence-corrected chi connectivity index (χ3v) is 2.05. The minimum absolute atomic E-state index is 0.665. The lowest BCUT2D eigenvalue weighted by molar-refractivity contribution is 0.705. The maximum Gasteiger partial charge on any atom is 0.0635 e. The predicted octanol–water partition coefficient (Wildman–Crippen LogP) is 0.684. The molecular weight excluding hydrogens is 194 g/mol. The second-order valence-corrected chi connectivity index (χ2v) is 2.96. The van der Waals surface area contributed by atoms with E-state index in [4.69, 9.17) is 5.73 Å². The number of hydrogen-bond donors (Lipinski definition) is 1. The molecule has 0 amide bonds. The van der Waals surface area contributed by atoms with Gasteiger partial charge in [-0.05, 0) is 22.5 Å². The highest BCUT2D eigenvalue weighted by molar-refractivity contribution is 9.10. The zero-order chi connectivity index (χ0) is 7.56. The molecule has 0 fully saturated rings. The van der Waals surface area contributed by atoms with E-state index < -0.39 is 0 Å². The Morgan fingerprint density at radius 2 is 2.50 bits per heavy atom. The highest BCUT2D eigenvalue weighted by atomic mass is 79.9. The van der Waals surface area contributed by atoms with Crippen LogP contribution in [0.3, 0.4) is 0 Å². The largest absolute Gasteiger partial charge is 0.330 e. The smallest absolute Gasteiger partial charge is 0.0635 e. The molecule has 0 spiro atoms. The van der Waals surface area contributed by atoms with Gasteiger partial charge in [-0.3, -0.25) is 4.68 Å². The van der Waals surface area contributed by atoms with Crippen molar-refractivity contribution in [1.29, 1.82) is 0 Å². The van der Waals surface area contributed by atoms with E-state index in [1.807, 2.05) is 11.7 Å². The van der Waals surface area contributed by atoms with E-state index in [1.54, 1.807) is 6.20 Å². The minimum Gasteiger partial charge on any atom is -0.330 e. The van der Waals surface area contributed by atoms with Crippen LogP contribution in [-0.2, 0) is 13.5 Å². The fourth-order valence-electron chi connectivity index (χ4n) is 0.854. The second kappa shape index (κ2) is 3.16. The van der Waals surface area contributed by atoms with Crippen LogP contribution in [0.25, 0.3) is 0 Å². The van der Waals surface area contributed by atoms with E-state index in [2.05, 4.69) is 21.0 Å².